The van der Waals surface area contributed by atoms with Crippen molar-refractivity contribution in [1.29, 1.82) is 0 Å². The summed E-state index contributed by atoms with van der Waals surface area (Å²) in [5.74, 6) is 0.532. The van der Waals surface area contributed by atoms with E-state index in [1.54, 1.807) is 12.1 Å². The predicted molar refractivity (Wildman–Crippen MR) is 91.6 cm³/mol. The van der Waals surface area contributed by atoms with Crippen LogP contribution in [-0.4, -0.2) is 40.4 Å². The topological polar surface area (TPSA) is 58.9 Å². The molecule has 4 nitrogen and oxygen atoms in total. The summed E-state index contributed by atoms with van der Waals surface area (Å²) in [5, 5.41) is 19.9. The number of hydrogen-bond acceptors (Lipinski definition) is 5. The van der Waals surface area contributed by atoms with Crippen LogP contribution in [0, 0.1) is 0 Å². The van der Waals surface area contributed by atoms with Crippen molar-refractivity contribution in [3.05, 3.63) is 29.8 Å². The van der Waals surface area contributed by atoms with Gasteiger partial charge < -0.3 is 19.5 Å². The molecule has 1 aromatic carbocycles. The van der Waals surface area contributed by atoms with Gasteiger partial charge in [-0.1, -0.05) is 24.3 Å². The molecule has 2 N–H and O–H groups in total. The summed E-state index contributed by atoms with van der Waals surface area (Å²) in [5.41, 5.74) is 0.824. The van der Waals surface area contributed by atoms with E-state index in [-0.39, 0.29) is 11.2 Å². The predicted octanol–water partition coefficient (Wildman–Crippen LogP) is 1.70. The van der Waals surface area contributed by atoms with Gasteiger partial charge in [0, 0.05) is 0 Å². The van der Waals surface area contributed by atoms with E-state index in [1.165, 1.54) is 0 Å². The zero-order valence-corrected chi connectivity index (χ0v) is 14.5. The fourth-order valence-electron chi connectivity index (χ4n) is 2.34. The van der Waals surface area contributed by atoms with Gasteiger partial charge in [-0.2, -0.15) is 12.6 Å². The lowest BCUT2D eigenvalue weighted by Gasteiger charge is -2.32. The largest absolute Gasteiger partial charge is 0.494 e. The molecule has 1 saturated heterocycles. The minimum absolute atomic E-state index is 0.376. The van der Waals surface area contributed by atoms with Crippen LogP contribution in [0.1, 0.15) is 45.8 Å². The Kier molecular flexibility index (Phi) is 5.29. The molecule has 0 radical (unpaired) electrons. The smallest absolute Gasteiger partial charge is 0.399 e. The van der Waals surface area contributed by atoms with Crippen molar-refractivity contribution < 1.29 is 19.5 Å². The van der Waals surface area contributed by atoms with Crippen molar-refractivity contribution in [1.82, 2.24) is 0 Å². The molecular weight excluding hydrogens is 299 g/mol. The highest BCUT2D eigenvalue weighted by atomic mass is 32.1. The summed E-state index contributed by atoms with van der Waals surface area (Å²) in [7, 11) is -0.418. The molecule has 6 heteroatoms. The number of aliphatic hydroxyl groups is 2. The minimum atomic E-state index is -0.903. The van der Waals surface area contributed by atoms with Crippen molar-refractivity contribution in [3.8, 4) is 0 Å². The van der Waals surface area contributed by atoms with E-state index in [2.05, 4.69) is 12.6 Å². The molecule has 0 saturated carbocycles. The molecule has 0 aliphatic carbocycles. The van der Waals surface area contributed by atoms with Crippen molar-refractivity contribution in [2.24, 2.45) is 0 Å². The first-order valence-corrected chi connectivity index (χ1v) is 8.24. The fourth-order valence-corrected chi connectivity index (χ4v) is 2.61. The monoisotopic (exact) mass is 324 g/mol. The van der Waals surface area contributed by atoms with Crippen LogP contribution in [0.2, 0.25) is 0 Å². The lowest BCUT2D eigenvalue weighted by Crippen LogP contribution is -2.41. The van der Waals surface area contributed by atoms with Gasteiger partial charge in [-0.05, 0) is 50.9 Å². The van der Waals surface area contributed by atoms with Gasteiger partial charge in [-0.25, -0.2) is 0 Å². The zero-order chi connectivity index (χ0) is 16.5. The summed E-state index contributed by atoms with van der Waals surface area (Å²) >= 11 is 4.07. The lowest BCUT2D eigenvalue weighted by molar-refractivity contribution is 0.00578. The maximum atomic E-state index is 10.1. The highest BCUT2D eigenvalue weighted by molar-refractivity contribution is 7.80. The first-order valence-electron chi connectivity index (χ1n) is 7.60. The second kappa shape index (κ2) is 6.53. The number of aliphatic hydroxyl groups excluding tert-OH is 2. The second-order valence-corrected chi connectivity index (χ2v) is 7.23. The second-order valence-electron chi connectivity index (χ2n) is 6.78. The van der Waals surface area contributed by atoms with E-state index in [4.69, 9.17) is 9.31 Å². The van der Waals surface area contributed by atoms with Gasteiger partial charge in [0.2, 0.25) is 0 Å². The molecule has 0 bridgehead atoms. The Labute approximate surface area is 138 Å². The normalized spacial score (nSPS) is 22.6. The maximum Gasteiger partial charge on any atom is 0.494 e. The average molecular weight is 324 g/mol. The fraction of sp³-hybridized carbons (Fsp3) is 0.625. The summed E-state index contributed by atoms with van der Waals surface area (Å²) in [6, 6.07) is 7.34. The summed E-state index contributed by atoms with van der Waals surface area (Å²) in [6.07, 6.45) is -1.26. The van der Waals surface area contributed by atoms with Crippen LogP contribution in [0.15, 0.2) is 24.3 Å². The lowest BCUT2D eigenvalue weighted by atomic mass is 9.78. The first kappa shape index (κ1) is 17.8. The number of rotatable bonds is 5. The SMILES string of the molecule is CC1(C)OB(c2ccc(C(O)C(O)CCS)cc2)OC1(C)C. The van der Waals surface area contributed by atoms with Crippen LogP contribution in [0.4, 0.5) is 0 Å². The van der Waals surface area contributed by atoms with E-state index < -0.39 is 19.3 Å². The van der Waals surface area contributed by atoms with Crippen LogP contribution < -0.4 is 5.46 Å². The first-order chi connectivity index (χ1) is 10.2. The third-order valence-electron chi connectivity index (χ3n) is 4.59. The van der Waals surface area contributed by atoms with Gasteiger partial charge in [0.05, 0.1) is 17.3 Å². The number of hydrogen-bond donors (Lipinski definition) is 3. The third-order valence-corrected chi connectivity index (χ3v) is 4.85. The van der Waals surface area contributed by atoms with Gasteiger partial charge in [0.15, 0.2) is 0 Å². The number of benzene rings is 1. The van der Waals surface area contributed by atoms with Crippen LogP contribution >= 0.6 is 12.6 Å². The van der Waals surface area contributed by atoms with E-state index in [0.717, 1.165) is 5.46 Å². The molecule has 0 amide bonds. The molecule has 1 heterocycles. The summed E-state index contributed by atoms with van der Waals surface area (Å²) < 4.78 is 12.0. The van der Waals surface area contributed by atoms with Crippen molar-refractivity contribution >= 4 is 25.2 Å². The quantitative estimate of drug-likeness (QED) is 0.570. The molecule has 1 fully saturated rings. The highest BCUT2D eigenvalue weighted by Crippen LogP contribution is 2.36. The van der Waals surface area contributed by atoms with E-state index in [9.17, 15) is 10.2 Å². The Bertz CT molecular complexity index is 487. The standard InChI is InChI=1S/C16H25BO4S/c1-15(2)16(3,4)21-17(20-15)12-7-5-11(6-8-12)14(19)13(18)9-10-22/h5-8,13-14,18-19,22H,9-10H2,1-4H3. The molecule has 22 heavy (non-hydrogen) atoms. The van der Waals surface area contributed by atoms with Crippen LogP contribution in [-0.2, 0) is 9.31 Å². The molecule has 0 aromatic heterocycles. The summed E-state index contributed by atoms with van der Waals surface area (Å²) in [4.78, 5) is 0. The van der Waals surface area contributed by atoms with Crippen molar-refractivity contribution in [2.45, 2.75) is 57.5 Å². The Morgan fingerprint density at radius 3 is 2.00 bits per heavy atom. The molecular formula is C16H25BO4S. The molecule has 122 valence electrons. The molecule has 1 aliphatic rings. The molecule has 2 rings (SSSR count). The van der Waals surface area contributed by atoms with Crippen LogP contribution in [0.25, 0.3) is 0 Å². The van der Waals surface area contributed by atoms with Gasteiger partial charge in [-0.3, -0.25) is 0 Å². The van der Waals surface area contributed by atoms with Gasteiger partial charge in [0.25, 0.3) is 0 Å². The Morgan fingerprint density at radius 2 is 1.55 bits per heavy atom. The summed E-state index contributed by atoms with van der Waals surface area (Å²) in [6.45, 7) is 8.05. The molecule has 1 aliphatic heterocycles. The van der Waals surface area contributed by atoms with E-state index in [1.807, 2.05) is 39.8 Å². The number of thiol groups is 1. The Hall–Kier alpha value is -0.525. The van der Waals surface area contributed by atoms with E-state index in [0.29, 0.717) is 17.7 Å². The molecule has 0 spiro atoms. The van der Waals surface area contributed by atoms with E-state index >= 15 is 0 Å². The Morgan fingerprint density at radius 1 is 1.05 bits per heavy atom. The Balaban J connectivity index is 2.10. The molecule has 2 unspecified atom stereocenters. The van der Waals surface area contributed by atoms with Gasteiger partial charge in [-0.15, -0.1) is 0 Å². The van der Waals surface area contributed by atoms with Crippen molar-refractivity contribution in [2.75, 3.05) is 5.75 Å². The highest BCUT2D eigenvalue weighted by Gasteiger charge is 2.51. The molecule has 2 atom stereocenters. The third kappa shape index (κ3) is 3.52. The van der Waals surface area contributed by atoms with Gasteiger partial charge in [0.1, 0.15) is 6.10 Å². The minimum Gasteiger partial charge on any atom is -0.399 e. The molecule has 1 aromatic rings. The van der Waals surface area contributed by atoms with Crippen LogP contribution in [0.3, 0.4) is 0 Å². The van der Waals surface area contributed by atoms with Crippen LogP contribution in [0.5, 0.6) is 0 Å². The maximum absolute atomic E-state index is 10.1. The van der Waals surface area contributed by atoms with Crippen molar-refractivity contribution in [3.63, 3.8) is 0 Å². The average Bonchev–Trinajstić information content (AvgIpc) is 2.67. The van der Waals surface area contributed by atoms with Gasteiger partial charge >= 0.3 is 7.12 Å². The zero-order valence-electron chi connectivity index (χ0n) is 13.6.